The quantitative estimate of drug-likeness (QED) is 0.697. The van der Waals surface area contributed by atoms with Crippen molar-refractivity contribution in [1.29, 1.82) is 0 Å². The maximum Gasteiger partial charge on any atom is 0.406 e. The molecule has 1 aromatic heterocycles. The van der Waals surface area contributed by atoms with Crippen LogP contribution in [-0.2, 0) is 42.3 Å². The minimum Gasteiger partial charge on any atom is -0.322 e. The third-order valence-electron chi connectivity index (χ3n) is 5.91. The van der Waals surface area contributed by atoms with Crippen molar-refractivity contribution in [3.8, 4) is 0 Å². The molecule has 1 heterocycles. The highest BCUT2D eigenvalue weighted by atomic mass is 32.2. The Labute approximate surface area is 183 Å². The molecule has 11 heteroatoms. The summed E-state index contributed by atoms with van der Waals surface area (Å²) >= 11 is 0. The van der Waals surface area contributed by atoms with Crippen LogP contribution >= 0.6 is 0 Å². The van der Waals surface area contributed by atoms with E-state index in [1.807, 2.05) is 4.72 Å². The molecule has 0 saturated carbocycles. The van der Waals surface area contributed by atoms with Crippen molar-refractivity contribution in [1.82, 2.24) is 14.3 Å². The number of halogens is 3. The van der Waals surface area contributed by atoms with E-state index in [2.05, 4.69) is 17.2 Å². The van der Waals surface area contributed by atoms with E-state index in [1.54, 1.807) is 0 Å². The fourth-order valence-electron chi connectivity index (χ4n) is 4.64. The third-order valence-corrected chi connectivity index (χ3v) is 6.88. The summed E-state index contributed by atoms with van der Waals surface area (Å²) in [5, 5.41) is 3.36. The minimum atomic E-state index is -4.48. The smallest absolute Gasteiger partial charge is 0.322 e. The van der Waals surface area contributed by atoms with Gasteiger partial charge in [0.15, 0.2) is 0 Å². The van der Waals surface area contributed by atoms with Crippen LogP contribution in [-0.4, -0.2) is 30.2 Å². The highest BCUT2D eigenvalue weighted by Gasteiger charge is 2.29. The van der Waals surface area contributed by atoms with Crippen molar-refractivity contribution < 1.29 is 26.4 Å². The van der Waals surface area contributed by atoms with E-state index in [0.717, 1.165) is 72.7 Å². The Balaban J connectivity index is 1.50. The molecule has 172 valence electrons. The molecule has 7 nitrogen and oxygen atoms in total. The fourth-order valence-corrected chi connectivity index (χ4v) is 5.32. The van der Waals surface area contributed by atoms with Gasteiger partial charge in [-0.25, -0.2) is 22.9 Å². The van der Waals surface area contributed by atoms with Gasteiger partial charge in [0.25, 0.3) is 10.0 Å². The summed E-state index contributed by atoms with van der Waals surface area (Å²) in [4.78, 5) is 16.2. The largest absolute Gasteiger partial charge is 0.406 e. The predicted molar refractivity (Wildman–Crippen MR) is 114 cm³/mol. The van der Waals surface area contributed by atoms with E-state index in [-0.39, 0.29) is 5.82 Å². The van der Waals surface area contributed by atoms with Crippen LogP contribution in [0.2, 0.25) is 0 Å². The molecule has 0 atom stereocenters. The monoisotopic (exact) mass is 468 g/mol. The topological polar surface area (TPSA) is 93.1 Å². The summed E-state index contributed by atoms with van der Waals surface area (Å²) in [5.74, 6) is -0.192. The zero-order valence-electron chi connectivity index (χ0n) is 17.4. The second-order valence-corrected chi connectivity index (χ2v) is 9.62. The Kier molecular flexibility index (Phi) is 5.78. The van der Waals surface area contributed by atoms with E-state index in [4.69, 9.17) is 0 Å². The number of amides is 2. The number of hydrogen-bond acceptors (Lipinski definition) is 4. The van der Waals surface area contributed by atoms with Crippen molar-refractivity contribution in [3.63, 3.8) is 0 Å². The molecule has 0 spiro atoms. The average Bonchev–Trinajstić information content (AvgIpc) is 3.42. The molecule has 2 aliphatic carbocycles. The lowest BCUT2D eigenvalue weighted by atomic mass is 9.93. The zero-order chi connectivity index (χ0) is 23.1. The predicted octanol–water partition coefficient (Wildman–Crippen LogP) is 3.85. The molecule has 0 radical (unpaired) electrons. The van der Waals surface area contributed by atoms with E-state index in [0.29, 0.717) is 11.1 Å². The first-order valence-electron chi connectivity index (χ1n) is 10.3. The van der Waals surface area contributed by atoms with E-state index in [9.17, 15) is 26.4 Å². The Hall–Kier alpha value is -2.82. The van der Waals surface area contributed by atoms with E-state index in [1.165, 1.54) is 16.7 Å². The van der Waals surface area contributed by atoms with Crippen molar-refractivity contribution in [2.75, 3.05) is 5.32 Å². The van der Waals surface area contributed by atoms with Gasteiger partial charge in [0, 0.05) is 18.1 Å². The maximum atomic E-state index is 12.6. The molecule has 2 aliphatic rings. The van der Waals surface area contributed by atoms with Crippen molar-refractivity contribution in [2.45, 2.75) is 58.2 Å². The summed E-state index contributed by atoms with van der Waals surface area (Å²) in [5.41, 5.74) is 6.59. The van der Waals surface area contributed by atoms with Gasteiger partial charge in [-0.1, -0.05) is 0 Å². The molecule has 0 bridgehead atoms. The van der Waals surface area contributed by atoms with Gasteiger partial charge in [-0.15, -0.1) is 0 Å². The van der Waals surface area contributed by atoms with Crippen LogP contribution in [0.25, 0.3) is 6.08 Å². The average molecular weight is 469 g/mol. The van der Waals surface area contributed by atoms with Crippen molar-refractivity contribution in [3.05, 3.63) is 51.4 Å². The summed E-state index contributed by atoms with van der Waals surface area (Å²) < 4.78 is 65.2. The van der Waals surface area contributed by atoms with Crippen LogP contribution in [0.15, 0.2) is 17.8 Å². The van der Waals surface area contributed by atoms with Crippen LogP contribution in [0.1, 0.15) is 46.5 Å². The summed E-state index contributed by atoms with van der Waals surface area (Å²) in [6.45, 7) is 0.806. The van der Waals surface area contributed by atoms with Gasteiger partial charge < -0.3 is 9.88 Å². The van der Waals surface area contributed by atoms with Gasteiger partial charge in [0.1, 0.15) is 12.4 Å². The SMILES string of the molecule is Cc1c2c(c(NC(=O)NS(=O)(=O)/C=C/c3nccn3CC(F)(F)F)c3c1CCC3)CCC2. The van der Waals surface area contributed by atoms with Gasteiger partial charge in [-0.2, -0.15) is 13.2 Å². The van der Waals surface area contributed by atoms with Crippen LogP contribution in [0.4, 0.5) is 23.7 Å². The Morgan fingerprint density at radius 2 is 1.72 bits per heavy atom. The second-order valence-electron chi connectivity index (χ2n) is 8.05. The highest BCUT2D eigenvalue weighted by Crippen LogP contribution is 2.41. The summed E-state index contributed by atoms with van der Waals surface area (Å²) in [6, 6.07) is -0.902. The number of anilines is 1. The Morgan fingerprint density at radius 3 is 2.31 bits per heavy atom. The van der Waals surface area contributed by atoms with E-state index < -0.39 is 28.8 Å². The van der Waals surface area contributed by atoms with Crippen LogP contribution in [0.5, 0.6) is 0 Å². The molecule has 32 heavy (non-hydrogen) atoms. The number of benzene rings is 1. The lowest BCUT2D eigenvalue weighted by molar-refractivity contribution is -0.140. The number of alkyl halides is 3. The normalized spacial score (nSPS) is 15.8. The standard InChI is InChI=1S/C21H23F3N4O3S/c1-13-14-4-2-6-16(14)19(17-7-3-5-15(13)17)26-20(29)27-32(30,31)11-8-18-25-9-10-28(18)12-21(22,23)24/h8-11H,2-7,12H2,1H3,(H2,26,27,29)/b11-8+. The molecule has 0 saturated heterocycles. The first-order valence-corrected chi connectivity index (χ1v) is 11.8. The zero-order valence-corrected chi connectivity index (χ0v) is 18.2. The molecular weight excluding hydrogens is 445 g/mol. The second kappa shape index (κ2) is 8.27. The Bertz CT molecular complexity index is 1160. The molecule has 2 N–H and O–H groups in total. The van der Waals surface area contributed by atoms with Gasteiger partial charge in [-0.3, -0.25) is 0 Å². The minimum absolute atomic E-state index is 0.192. The lowest BCUT2D eigenvalue weighted by Crippen LogP contribution is -2.33. The van der Waals surface area contributed by atoms with Crippen molar-refractivity contribution in [2.24, 2.45) is 0 Å². The number of rotatable bonds is 5. The third kappa shape index (κ3) is 4.67. The molecule has 0 aliphatic heterocycles. The van der Waals surface area contributed by atoms with Gasteiger partial charge >= 0.3 is 12.2 Å². The number of sulfonamides is 1. The number of urea groups is 1. The maximum absolute atomic E-state index is 12.6. The number of imidazole rings is 1. The van der Waals surface area contributed by atoms with Crippen molar-refractivity contribution >= 4 is 27.8 Å². The van der Waals surface area contributed by atoms with E-state index >= 15 is 0 Å². The molecule has 0 fully saturated rings. The fraction of sp³-hybridized carbons (Fsp3) is 0.429. The number of carbonyl (C=O) groups is 1. The van der Waals surface area contributed by atoms with Crippen LogP contribution in [0.3, 0.4) is 0 Å². The van der Waals surface area contributed by atoms with Gasteiger partial charge in [0.05, 0.1) is 5.41 Å². The number of nitrogens with one attached hydrogen (secondary N) is 2. The molecule has 0 unspecified atom stereocenters. The number of fused-ring (bicyclic) bond motifs is 2. The summed E-state index contributed by atoms with van der Waals surface area (Å²) in [6.07, 6.45) is 4.18. The number of nitrogens with zero attached hydrogens (tertiary/aromatic N) is 2. The lowest BCUT2D eigenvalue weighted by Gasteiger charge is -2.19. The molecular formula is C21H23F3N4O3S. The number of aromatic nitrogens is 2. The van der Waals surface area contributed by atoms with Gasteiger partial charge in [0.2, 0.25) is 0 Å². The molecule has 1 aromatic carbocycles. The number of carbonyl (C=O) groups excluding carboxylic acids is 1. The summed E-state index contributed by atoms with van der Waals surface area (Å²) in [7, 11) is -4.25. The molecule has 4 rings (SSSR count). The van der Waals surface area contributed by atoms with Gasteiger partial charge in [-0.05, 0) is 79.3 Å². The molecule has 2 aromatic rings. The first kappa shape index (κ1) is 22.4. The van der Waals surface area contributed by atoms with Crippen LogP contribution < -0.4 is 10.0 Å². The molecule has 2 amide bonds. The van der Waals surface area contributed by atoms with Crippen LogP contribution in [0, 0.1) is 6.92 Å². The first-order chi connectivity index (χ1) is 15.0. The highest BCUT2D eigenvalue weighted by molar-refractivity contribution is 7.93. The number of hydrogen-bond donors (Lipinski definition) is 2. The Morgan fingerprint density at radius 1 is 1.12 bits per heavy atom.